The molecule has 0 radical (unpaired) electrons. The zero-order valence-corrected chi connectivity index (χ0v) is 18.2. The normalized spacial score (nSPS) is 18.6. The van der Waals surface area contributed by atoms with Gasteiger partial charge in [0, 0.05) is 6.42 Å². The van der Waals surface area contributed by atoms with Crippen molar-refractivity contribution >= 4 is 23.7 Å². The van der Waals surface area contributed by atoms with Gasteiger partial charge in [0.2, 0.25) is 17.7 Å². The van der Waals surface area contributed by atoms with Crippen LogP contribution in [-0.4, -0.2) is 59.5 Å². The highest BCUT2D eigenvalue weighted by atomic mass is 16.4. The molecule has 1 heterocycles. The van der Waals surface area contributed by atoms with Crippen LogP contribution in [0.2, 0.25) is 0 Å². The third-order valence-corrected chi connectivity index (χ3v) is 5.27. The number of nitrogens with one attached hydrogen (secondary N) is 4. The lowest BCUT2D eigenvalue weighted by Crippen LogP contribution is -2.57. The number of carboxylic acid groups (broad SMARTS) is 1. The monoisotopic (exact) mass is 432 g/mol. The molecule has 170 valence electrons. The molecule has 1 saturated heterocycles. The Morgan fingerprint density at radius 3 is 2.26 bits per heavy atom. The average molecular weight is 433 g/mol. The zero-order valence-electron chi connectivity index (χ0n) is 18.2. The van der Waals surface area contributed by atoms with Gasteiger partial charge in [-0.15, -0.1) is 0 Å². The molecule has 5 N–H and O–H groups in total. The Labute approximate surface area is 182 Å². The first-order valence-electron chi connectivity index (χ1n) is 10.6. The zero-order chi connectivity index (χ0) is 23.0. The quantitative estimate of drug-likeness (QED) is 0.358. The highest BCUT2D eigenvalue weighted by Gasteiger charge is 2.31. The van der Waals surface area contributed by atoms with Crippen LogP contribution in [0, 0.1) is 5.92 Å². The second-order valence-corrected chi connectivity index (χ2v) is 8.20. The first kappa shape index (κ1) is 24.3. The van der Waals surface area contributed by atoms with Crippen LogP contribution in [0.4, 0.5) is 0 Å². The van der Waals surface area contributed by atoms with E-state index in [0.29, 0.717) is 0 Å². The molecule has 1 aliphatic heterocycles. The molecule has 1 aliphatic rings. The third kappa shape index (κ3) is 7.36. The molecule has 0 bridgehead atoms. The Balaban J connectivity index is 1.94. The molecule has 2 rings (SSSR count). The van der Waals surface area contributed by atoms with E-state index >= 15 is 0 Å². The van der Waals surface area contributed by atoms with Gasteiger partial charge in [0.15, 0.2) is 0 Å². The number of carbonyl (C=O) groups excluding carboxylic acids is 3. The standard InChI is InChI=1S/C22H32N4O5/c1-13(2)18(26-20(28)16-10-7-11-23-16)21(29)24-14(3)19(27)25-17(22(30)31)12-15-8-5-4-6-9-15/h4-6,8-9,13-14,16-18,23H,7,10-12H2,1-3H3,(H,24,29)(H,25,27)(H,26,28)(H,30,31). The predicted molar refractivity (Wildman–Crippen MR) is 115 cm³/mol. The van der Waals surface area contributed by atoms with E-state index in [4.69, 9.17) is 0 Å². The van der Waals surface area contributed by atoms with Crippen LogP contribution in [0.25, 0.3) is 0 Å². The van der Waals surface area contributed by atoms with Gasteiger partial charge < -0.3 is 26.4 Å². The molecule has 0 aliphatic carbocycles. The molecule has 9 heteroatoms. The largest absolute Gasteiger partial charge is 0.480 e. The van der Waals surface area contributed by atoms with Gasteiger partial charge in [-0.2, -0.15) is 0 Å². The summed E-state index contributed by atoms with van der Waals surface area (Å²) in [6, 6.07) is 5.76. The van der Waals surface area contributed by atoms with E-state index in [2.05, 4.69) is 21.3 Å². The Morgan fingerprint density at radius 1 is 1.03 bits per heavy atom. The number of rotatable bonds is 10. The van der Waals surface area contributed by atoms with E-state index in [1.165, 1.54) is 6.92 Å². The van der Waals surface area contributed by atoms with E-state index in [-0.39, 0.29) is 24.3 Å². The van der Waals surface area contributed by atoms with Crippen molar-refractivity contribution in [1.82, 2.24) is 21.3 Å². The number of benzene rings is 1. The van der Waals surface area contributed by atoms with Gasteiger partial charge in [-0.05, 0) is 37.8 Å². The summed E-state index contributed by atoms with van der Waals surface area (Å²) in [6.45, 7) is 5.85. The number of carbonyl (C=O) groups is 4. The van der Waals surface area contributed by atoms with Gasteiger partial charge in [-0.1, -0.05) is 44.2 Å². The Hall–Kier alpha value is -2.94. The number of amides is 3. The fourth-order valence-electron chi connectivity index (χ4n) is 3.41. The first-order valence-corrected chi connectivity index (χ1v) is 10.6. The maximum Gasteiger partial charge on any atom is 0.326 e. The number of aliphatic carboxylic acids is 1. The van der Waals surface area contributed by atoms with Crippen LogP contribution >= 0.6 is 0 Å². The minimum atomic E-state index is -1.16. The minimum Gasteiger partial charge on any atom is -0.480 e. The van der Waals surface area contributed by atoms with E-state index < -0.39 is 35.9 Å². The van der Waals surface area contributed by atoms with Gasteiger partial charge >= 0.3 is 5.97 Å². The van der Waals surface area contributed by atoms with Crippen molar-refractivity contribution < 1.29 is 24.3 Å². The SMILES string of the molecule is CC(NC(=O)C(NC(=O)C1CCCN1)C(C)C)C(=O)NC(Cc1ccccc1)C(=O)O. The van der Waals surface area contributed by atoms with Crippen LogP contribution in [-0.2, 0) is 25.6 Å². The molecule has 1 aromatic rings. The van der Waals surface area contributed by atoms with Gasteiger partial charge in [-0.3, -0.25) is 14.4 Å². The molecule has 0 spiro atoms. The van der Waals surface area contributed by atoms with Crippen molar-refractivity contribution in [2.24, 2.45) is 5.92 Å². The number of hydrogen-bond donors (Lipinski definition) is 5. The van der Waals surface area contributed by atoms with Crippen molar-refractivity contribution in [1.29, 1.82) is 0 Å². The molecular weight excluding hydrogens is 400 g/mol. The summed E-state index contributed by atoms with van der Waals surface area (Å²) in [5.41, 5.74) is 0.773. The Bertz CT molecular complexity index is 777. The highest BCUT2D eigenvalue weighted by molar-refractivity contribution is 5.94. The second kappa shape index (κ2) is 11.5. The topological polar surface area (TPSA) is 137 Å². The average Bonchev–Trinajstić information content (AvgIpc) is 3.26. The second-order valence-electron chi connectivity index (χ2n) is 8.20. The smallest absolute Gasteiger partial charge is 0.326 e. The van der Waals surface area contributed by atoms with Crippen LogP contribution in [0.15, 0.2) is 30.3 Å². The summed E-state index contributed by atoms with van der Waals surface area (Å²) < 4.78 is 0. The van der Waals surface area contributed by atoms with Crippen LogP contribution in [0.3, 0.4) is 0 Å². The van der Waals surface area contributed by atoms with Gasteiger partial charge in [0.05, 0.1) is 6.04 Å². The first-order chi connectivity index (χ1) is 14.7. The van der Waals surface area contributed by atoms with Crippen molar-refractivity contribution in [2.45, 2.75) is 64.2 Å². The van der Waals surface area contributed by atoms with E-state index in [1.54, 1.807) is 38.1 Å². The molecule has 31 heavy (non-hydrogen) atoms. The van der Waals surface area contributed by atoms with Crippen LogP contribution in [0.5, 0.6) is 0 Å². The lowest BCUT2D eigenvalue weighted by atomic mass is 10.0. The molecule has 1 aromatic carbocycles. The van der Waals surface area contributed by atoms with Gasteiger partial charge in [0.25, 0.3) is 0 Å². The molecule has 1 fully saturated rings. The van der Waals surface area contributed by atoms with Crippen LogP contribution < -0.4 is 21.3 Å². The molecule has 4 atom stereocenters. The van der Waals surface area contributed by atoms with Crippen molar-refractivity contribution in [2.75, 3.05) is 6.54 Å². The van der Waals surface area contributed by atoms with Gasteiger partial charge in [-0.25, -0.2) is 4.79 Å². The maximum absolute atomic E-state index is 12.7. The Kier molecular flexibility index (Phi) is 8.99. The number of hydrogen-bond acceptors (Lipinski definition) is 5. The molecule has 0 aromatic heterocycles. The summed E-state index contributed by atoms with van der Waals surface area (Å²) in [4.78, 5) is 49.2. The maximum atomic E-state index is 12.7. The van der Waals surface area contributed by atoms with E-state index in [0.717, 1.165) is 24.9 Å². The lowest BCUT2D eigenvalue weighted by molar-refractivity contribution is -0.142. The molecule has 9 nitrogen and oxygen atoms in total. The summed E-state index contributed by atoms with van der Waals surface area (Å²) >= 11 is 0. The third-order valence-electron chi connectivity index (χ3n) is 5.27. The lowest BCUT2D eigenvalue weighted by Gasteiger charge is -2.25. The van der Waals surface area contributed by atoms with Crippen molar-refractivity contribution in [3.8, 4) is 0 Å². The molecule has 4 unspecified atom stereocenters. The molecule has 3 amide bonds. The summed E-state index contributed by atoms with van der Waals surface area (Å²) in [5, 5.41) is 20.4. The fraction of sp³-hybridized carbons (Fsp3) is 0.545. The predicted octanol–water partition coefficient (Wildman–Crippen LogP) is 0.196. The van der Waals surface area contributed by atoms with Crippen LogP contribution in [0.1, 0.15) is 39.2 Å². The summed E-state index contributed by atoms with van der Waals surface area (Å²) in [6.07, 6.45) is 1.75. The van der Waals surface area contributed by atoms with Gasteiger partial charge in [0.1, 0.15) is 18.1 Å². The number of carboxylic acids is 1. The highest BCUT2D eigenvalue weighted by Crippen LogP contribution is 2.08. The van der Waals surface area contributed by atoms with E-state index in [9.17, 15) is 24.3 Å². The van der Waals surface area contributed by atoms with E-state index in [1.807, 2.05) is 6.07 Å². The Morgan fingerprint density at radius 2 is 1.71 bits per heavy atom. The summed E-state index contributed by atoms with van der Waals surface area (Å²) in [7, 11) is 0. The van der Waals surface area contributed by atoms with Crippen molar-refractivity contribution in [3.05, 3.63) is 35.9 Å². The fourth-order valence-corrected chi connectivity index (χ4v) is 3.41. The van der Waals surface area contributed by atoms with Crippen molar-refractivity contribution in [3.63, 3.8) is 0 Å². The molecule has 0 saturated carbocycles. The molecular formula is C22H32N4O5. The summed E-state index contributed by atoms with van der Waals surface area (Å²) in [5.74, 6) is -2.68. The minimum absolute atomic E-state index is 0.127.